The number of rotatable bonds is 5. The van der Waals surface area contributed by atoms with Crippen LogP contribution in [-0.4, -0.2) is 68.4 Å². The summed E-state index contributed by atoms with van der Waals surface area (Å²) in [4.78, 5) is 6.42. The minimum atomic E-state index is 0.178. The van der Waals surface area contributed by atoms with Gasteiger partial charge in [0.05, 0.1) is 36.7 Å². The van der Waals surface area contributed by atoms with Gasteiger partial charge in [-0.3, -0.25) is 5.41 Å². The SMILES string of the molecule is CN(C)C[C@@H]1CN(c2ccc3c(c2)Cn2cc(-c4ccc(C#N)cc4)cc2C(=N)N3CN)CCO1. The van der Waals surface area contributed by atoms with Gasteiger partial charge in [-0.25, -0.2) is 0 Å². The van der Waals surface area contributed by atoms with E-state index in [9.17, 15) is 0 Å². The van der Waals surface area contributed by atoms with Crippen LogP contribution in [0.25, 0.3) is 11.1 Å². The lowest BCUT2D eigenvalue weighted by Gasteiger charge is -2.36. The molecule has 8 heteroatoms. The zero-order chi connectivity index (χ0) is 24.5. The van der Waals surface area contributed by atoms with Gasteiger partial charge in [0.2, 0.25) is 0 Å². The average molecular weight is 470 g/mol. The van der Waals surface area contributed by atoms with Gasteiger partial charge in [0, 0.05) is 49.3 Å². The highest BCUT2D eigenvalue weighted by molar-refractivity contribution is 6.08. The van der Waals surface area contributed by atoms with Gasteiger partial charge in [-0.2, -0.15) is 5.26 Å². The molecule has 3 heterocycles. The molecule has 0 bridgehead atoms. The van der Waals surface area contributed by atoms with Crippen molar-refractivity contribution in [2.45, 2.75) is 12.6 Å². The van der Waals surface area contributed by atoms with Crippen molar-refractivity contribution in [3.05, 3.63) is 71.5 Å². The van der Waals surface area contributed by atoms with Crippen LogP contribution in [0.2, 0.25) is 0 Å². The second-order valence-corrected chi connectivity index (χ2v) is 9.40. The van der Waals surface area contributed by atoms with E-state index in [0.29, 0.717) is 24.6 Å². The van der Waals surface area contributed by atoms with Gasteiger partial charge >= 0.3 is 0 Å². The Bertz CT molecular complexity index is 1270. The first-order chi connectivity index (χ1) is 17.0. The first-order valence-electron chi connectivity index (χ1n) is 11.9. The molecule has 2 aliphatic heterocycles. The van der Waals surface area contributed by atoms with Crippen LogP contribution in [0, 0.1) is 16.7 Å². The van der Waals surface area contributed by atoms with Crippen LogP contribution in [0.4, 0.5) is 11.4 Å². The molecule has 1 fully saturated rings. The van der Waals surface area contributed by atoms with Crippen LogP contribution in [-0.2, 0) is 11.3 Å². The summed E-state index contributed by atoms with van der Waals surface area (Å²) in [5.74, 6) is 0.385. The van der Waals surface area contributed by atoms with E-state index >= 15 is 0 Å². The third-order valence-electron chi connectivity index (χ3n) is 6.71. The van der Waals surface area contributed by atoms with Crippen LogP contribution < -0.4 is 15.5 Å². The summed E-state index contributed by atoms with van der Waals surface area (Å²) in [5, 5.41) is 18.0. The highest BCUT2D eigenvalue weighted by Gasteiger charge is 2.27. The van der Waals surface area contributed by atoms with Gasteiger partial charge in [0.15, 0.2) is 5.84 Å². The van der Waals surface area contributed by atoms with Crippen LogP contribution >= 0.6 is 0 Å². The van der Waals surface area contributed by atoms with E-state index < -0.39 is 0 Å². The normalized spacial score (nSPS) is 17.7. The Morgan fingerprint density at radius 1 is 1.14 bits per heavy atom. The quantitative estimate of drug-likeness (QED) is 0.596. The minimum Gasteiger partial charge on any atom is -0.373 e. The molecule has 180 valence electrons. The van der Waals surface area contributed by atoms with E-state index in [1.807, 2.05) is 35.2 Å². The Morgan fingerprint density at radius 3 is 2.66 bits per heavy atom. The number of hydrogen-bond acceptors (Lipinski definition) is 6. The second-order valence-electron chi connectivity index (χ2n) is 9.40. The molecule has 0 radical (unpaired) electrons. The maximum absolute atomic E-state index is 9.10. The van der Waals surface area contributed by atoms with Gasteiger partial charge < -0.3 is 29.7 Å². The molecule has 0 spiro atoms. The number of nitriles is 1. The summed E-state index contributed by atoms with van der Waals surface area (Å²) < 4.78 is 8.10. The number of ether oxygens (including phenoxy) is 1. The molecule has 2 aromatic carbocycles. The van der Waals surface area contributed by atoms with Gasteiger partial charge in [0.25, 0.3) is 0 Å². The van der Waals surface area contributed by atoms with Gasteiger partial charge in [-0.05, 0) is 61.6 Å². The summed E-state index contributed by atoms with van der Waals surface area (Å²) in [5.41, 5.74) is 12.9. The molecule has 1 aromatic heterocycles. The Labute approximate surface area is 206 Å². The first-order valence-corrected chi connectivity index (χ1v) is 11.9. The Hall–Kier alpha value is -3.64. The predicted molar refractivity (Wildman–Crippen MR) is 139 cm³/mol. The summed E-state index contributed by atoms with van der Waals surface area (Å²) in [7, 11) is 4.14. The molecule has 3 N–H and O–H groups in total. The second kappa shape index (κ2) is 9.55. The largest absolute Gasteiger partial charge is 0.373 e. The molecular weight excluding hydrogens is 438 g/mol. The Kier molecular flexibility index (Phi) is 6.31. The van der Waals surface area contributed by atoms with Crippen molar-refractivity contribution < 1.29 is 4.74 Å². The van der Waals surface area contributed by atoms with Crippen LogP contribution in [0.5, 0.6) is 0 Å². The maximum atomic E-state index is 9.10. The molecule has 0 aliphatic carbocycles. The van der Waals surface area contributed by atoms with E-state index in [1.54, 1.807) is 0 Å². The maximum Gasteiger partial charge on any atom is 0.150 e. The fraction of sp³-hybridized carbons (Fsp3) is 0.333. The number of nitrogens with two attached hydrogens (primary N) is 1. The van der Waals surface area contributed by atoms with Crippen molar-refractivity contribution in [2.75, 3.05) is 56.8 Å². The number of nitrogens with one attached hydrogen (secondary N) is 1. The number of fused-ring (bicyclic) bond motifs is 2. The van der Waals surface area contributed by atoms with E-state index in [2.05, 4.69) is 58.9 Å². The number of likely N-dealkylation sites (N-methyl/N-ethyl adjacent to an activating group) is 1. The average Bonchev–Trinajstić information content (AvgIpc) is 3.24. The van der Waals surface area contributed by atoms with Gasteiger partial charge in [-0.1, -0.05) is 12.1 Å². The third kappa shape index (κ3) is 4.54. The Morgan fingerprint density at radius 2 is 1.94 bits per heavy atom. The lowest BCUT2D eigenvalue weighted by Crippen LogP contribution is -2.46. The highest BCUT2D eigenvalue weighted by Crippen LogP contribution is 2.33. The van der Waals surface area contributed by atoms with Crippen molar-refractivity contribution in [1.82, 2.24) is 9.47 Å². The summed E-state index contributed by atoms with van der Waals surface area (Å²) in [6, 6.07) is 18.2. The third-order valence-corrected chi connectivity index (χ3v) is 6.71. The standard InChI is InChI=1S/C27H31N7O/c1-31(2)16-24-17-32(9-10-35-24)23-7-8-25-22(11-23)15-33-14-21(12-26(33)27(30)34(25)18-29)20-5-3-19(13-28)4-6-20/h3-8,11-12,14,24,30H,9-10,15-18,29H2,1-2H3/t24-/m1/s1. The number of amidine groups is 1. The number of anilines is 2. The monoisotopic (exact) mass is 469 g/mol. The minimum absolute atomic E-state index is 0.178. The van der Waals surface area contributed by atoms with E-state index in [-0.39, 0.29) is 12.8 Å². The van der Waals surface area contributed by atoms with Gasteiger partial charge in [0.1, 0.15) is 0 Å². The van der Waals surface area contributed by atoms with Crippen LogP contribution in [0.1, 0.15) is 16.8 Å². The zero-order valence-corrected chi connectivity index (χ0v) is 20.2. The fourth-order valence-corrected chi connectivity index (χ4v) is 5.00. The summed E-state index contributed by atoms with van der Waals surface area (Å²) >= 11 is 0. The zero-order valence-electron chi connectivity index (χ0n) is 20.2. The lowest BCUT2D eigenvalue weighted by atomic mass is 10.1. The fourth-order valence-electron chi connectivity index (χ4n) is 5.00. The molecule has 35 heavy (non-hydrogen) atoms. The molecule has 8 nitrogen and oxygen atoms in total. The van der Waals surface area contributed by atoms with Crippen molar-refractivity contribution in [2.24, 2.45) is 5.73 Å². The first kappa shape index (κ1) is 23.1. The number of benzene rings is 2. The van der Waals surface area contributed by atoms with Crippen molar-refractivity contribution in [3.63, 3.8) is 0 Å². The van der Waals surface area contributed by atoms with Crippen LogP contribution in [0.3, 0.4) is 0 Å². The molecular formula is C27H31N7O. The number of nitrogens with zero attached hydrogens (tertiary/aromatic N) is 5. The Balaban J connectivity index is 1.48. The molecule has 5 rings (SSSR count). The van der Waals surface area contributed by atoms with Crippen molar-refractivity contribution >= 4 is 17.2 Å². The van der Waals surface area contributed by atoms with E-state index in [4.69, 9.17) is 21.1 Å². The molecule has 0 saturated carbocycles. The molecule has 0 amide bonds. The number of hydrogen-bond donors (Lipinski definition) is 2. The van der Waals surface area contributed by atoms with Crippen LogP contribution in [0.15, 0.2) is 54.7 Å². The topological polar surface area (TPSA) is 97.5 Å². The number of morpholine rings is 1. The summed E-state index contributed by atoms with van der Waals surface area (Å²) in [6.07, 6.45) is 2.26. The summed E-state index contributed by atoms with van der Waals surface area (Å²) in [6.45, 7) is 4.20. The molecule has 1 saturated heterocycles. The number of aromatic nitrogens is 1. The predicted octanol–water partition coefficient (Wildman–Crippen LogP) is 2.90. The van der Waals surface area contributed by atoms with Gasteiger partial charge in [-0.15, -0.1) is 0 Å². The molecule has 2 aliphatic rings. The van der Waals surface area contributed by atoms with E-state index in [1.165, 1.54) is 5.69 Å². The molecule has 0 unspecified atom stereocenters. The van der Waals surface area contributed by atoms with Crippen molar-refractivity contribution in [1.29, 1.82) is 10.7 Å². The van der Waals surface area contributed by atoms with Crippen molar-refractivity contribution in [3.8, 4) is 17.2 Å². The molecule has 1 atom stereocenters. The highest BCUT2D eigenvalue weighted by atomic mass is 16.5. The smallest absolute Gasteiger partial charge is 0.150 e. The van der Waals surface area contributed by atoms with E-state index in [0.717, 1.165) is 47.7 Å². The molecule has 3 aromatic rings. The lowest BCUT2D eigenvalue weighted by molar-refractivity contribution is 0.0248.